The van der Waals surface area contributed by atoms with E-state index in [2.05, 4.69) is 9.80 Å². The summed E-state index contributed by atoms with van der Waals surface area (Å²) in [6.07, 6.45) is 1.70. The van der Waals surface area contributed by atoms with E-state index in [1.807, 2.05) is 0 Å². The van der Waals surface area contributed by atoms with E-state index in [1.165, 1.54) is 21.6 Å². The Bertz CT molecular complexity index is 475. The van der Waals surface area contributed by atoms with E-state index in [0.717, 1.165) is 34.6 Å². The Kier molecular flexibility index (Phi) is 14.1. The molecule has 2 unspecified atom stereocenters. The molecule has 0 aromatic heterocycles. The molecule has 174 valence electrons. The van der Waals surface area contributed by atoms with Crippen molar-refractivity contribution >= 4 is 54.7 Å². The second-order valence-corrected chi connectivity index (χ2v) is 10.3. The van der Waals surface area contributed by atoms with Gasteiger partial charge in [0.05, 0.1) is 51.8 Å². The van der Waals surface area contributed by atoms with E-state index in [0.29, 0.717) is 52.7 Å². The zero-order valence-electron chi connectivity index (χ0n) is 17.1. The van der Waals surface area contributed by atoms with E-state index in [1.54, 1.807) is 0 Å². The van der Waals surface area contributed by atoms with Crippen LogP contribution in [-0.2, 0) is 18.9 Å². The van der Waals surface area contributed by atoms with Gasteiger partial charge in [-0.1, -0.05) is 24.4 Å². The monoisotopic (exact) mass is 500 g/mol. The van der Waals surface area contributed by atoms with E-state index in [-0.39, 0.29) is 25.4 Å². The molecule has 0 amide bonds. The number of aliphatic hydroxyl groups is 2. The average Bonchev–Trinajstić information content (AvgIpc) is 3.13. The Morgan fingerprint density at radius 3 is 1.67 bits per heavy atom. The van der Waals surface area contributed by atoms with Crippen molar-refractivity contribution in [2.24, 2.45) is 0 Å². The van der Waals surface area contributed by atoms with Gasteiger partial charge in [0.2, 0.25) is 0 Å². The fourth-order valence-electron chi connectivity index (χ4n) is 3.06. The maximum Gasteiger partial charge on any atom is 0.147 e. The number of aliphatic hydroxyl groups excluding tert-OH is 2. The molecule has 0 bridgehead atoms. The fourth-order valence-corrected chi connectivity index (χ4v) is 5.75. The van der Waals surface area contributed by atoms with Crippen molar-refractivity contribution in [3.05, 3.63) is 0 Å². The summed E-state index contributed by atoms with van der Waals surface area (Å²) in [6, 6.07) is 0. The molecule has 30 heavy (non-hydrogen) atoms. The molecule has 2 N–H and O–H groups in total. The molecule has 2 aliphatic heterocycles. The van der Waals surface area contributed by atoms with Crippen LogP contribution in [0.15, 0.2) is 0 Å². The smallest absolute Gasteiger partial charge is 0.147 e. The number of hydrogen-bond acceptors (Lipinski definition) is 10. The van der Waals surface area contributed by atoms with Crippen LogP contribution in [-0.4, -0.2) is 120 Å². The second-order valence-electron chi connectivity index (χ2n) is 6.88. The van der Waals surface area contributed by atoms with Crippen molar-refractivity contribution in [2.75, 3.05) is 79.0 Å². The number of hydrogen-bond donors (Lipinski definition) is 2. The molecule has 0 aromatic rings. The second kappa shape index (κ2) is 15.9. The lowest BCUT2D eigenvalue weighted by atomic mass is 10.3. The van der Waals surface area contributed by atoms with Crippen molar-refractivity contribution in [2.45, 2.75) is 25.0 Å². The maximum absolute atomic E-state index is 8.86. The minimum atomic E-state index is -0.0583. The largest absolute Gasteiger partial charge is 0.394 e. The lowest BCUT2D eigenvalue weighted by Gasteiger charge is -2.27. The predicted octanol–water partition coefficient (Wildman–Crippen LogP) is 1.14. The molecule has 2 rings (SSSR count). The Labute approximate surface area is 197 Å². The van der Waals surface area contributed by atoms with Gasteiger partial charge in [-0.25, -0.2) is 0 Å². The van der Waals surface area contributed by atoms with Gasteiger partial charge in [0.25, 0.3) is 0 Å². The molecule has 0 spiro atoms. The lowest BCUT2D eigenvalue weighted by molar-refractivity contribution is -0.0194. The van der Waals surface area contributed by atoms with Crippen LogP contribution in [0, 0.1) is 0 Å². The highest BCUT2D eigenvalue weighted by molar-refractivity contribution is 8.89. The number of nitrogens with zero attached hydrogens (tertiary/aromatic N) is 2. The van der Waals surface area contributed by atoms with Gasteiger partial charge in [-0.05, 0) is 34.4 Å². The summed E-state index contributed by atoms with van der Waals surface area (Å²) in [7, 11) is 3.01. The zero-order chi connectivity index (χ0) is 21.6. The first-order valence-corrected chi connectivity index (χ1v) is 13.1. The minimum absolute atomic E-state index is 0.00867. The molecule has 8 nitrogen and oxygen atoms in total. The SMILES string of the molecule is OCCOCC1CN(C(=S)SSC(=S)N2CCCOC(COCCO)C2)CCCO1. The van der Waals surface area contributed by atoms with Crippen LogP contribution in [0.5, 0.6) is 0 Å². The Balaban J connectivity index is 1.76. The Morgan fingerprint density at radius 2 is 1.27 bits per heavy atom. The molecule has 12 heteroatoms. The molecular weight excluding hydrogens is 468 g/mol. The van der Waals surface area contributed by atoms with Crippen LogP contribution in [0.3, 0.4) is 0 Å². The molecule has 2 saturated heterocycles. The Morgan fingerprint density at radius 1 is 0.833 bits per heavy atom. The van der Waals surface area contributed by atoms with Crippen molar-refractivity contribution < 1.29 is 29.2 Å². The predicted molar refractivity (Wildman–Crippen MR) is 128 cm³/mol. The van der Waals surface area contributed by atoms with Crippen LogP contribution in [0.4, 0.5) is 0 Å². The third-order valence-electron chi connectivity index (χ3n) is 4.48. The topological polar surface area (TPSA) is 83.9 Å². The van der Waals surface area contributed by atoms with Crippen LogP contribution in [0.2, 0.25) is 0 Å². The molecule has 0 aliphatic carbocycles. The van der Waals surface area contributed by atoms with Crippen LogP contribution < -0.4 is 0 Å². The van der Waals surface area contributed by atoms with Crippen molar-refractivity contribution in [1.29, 1.82) is 0 Å². The van der Waals surface area contributed by atoms with Crippen LogP contribution in [0.25, 0.3) is 0 Å². The van der Waals surface area contributed by atoms with Crippen molar-refractivity contribution in [3.8, 4) is 0 Å². The quantitative estimate of drug-likeness (QED) is 0.285. The molecule has 2 heterocycles. The van der Waals surface area contributed by atoms with Crippen LogP contribution >= 0.6 is 46.0 Å². The zero-order valence-corrected chi connectivity index (χ0v) is 20.4. The normalized spacial score (nSPS) is 23.1. The van der Waals surface area contributed by atoms with Crippen molar-refractivity contribution in [1.82, 2.24) is 9.80 Å². The molecule has 2 fully saturated rings. The van der Waals surface area contributed by atoms with Gasteiger partial charge in [0.15, 0.2) is 0 Å². The van der Waals surface area contributed by atoms with Gasteiger partial charge in [0.1, 0.15) is 8.64 Å². The highest BCUT2D eigenvalue weighted by atomic mass is 33.1. The first-order chi connectivity index (χ1) is 14.6. The van der Waals surface area contributed by atoms with E-state index in [4.69, 9.17) is 53.6 Å². The summed E-state index contributed by atoms with van der Waals surface area (Å²) in [5.74, 6) is 0. The maximum atomic E-state index is 8.86. The number of ether oxygens (including phenoxy) is 4. The molecule has 2 atom stereocenters. The van der Waals surface area contributed by atoms with E-state index < -0.39 is 0 Å². The lowest BCUT2D eigenvalue weighted by Crippen LogP contribution is -2.37. The van der Waals surface area contributed by atoms with Gasteiger partial charge < -0.3 is 39.0 Å². The molecule has 2 aliphatic rings. The first kappa shape index (κ1) is 26.5. The van der Waals surface area contributed by atoms with Gasteiger partial charge in [-0.15, -0.1) is 0 Å². The summed E-state index contributed by atoms with van der Waals surface area (Å²) < 4.78 is 24.0. The number of thiocarbonyl (C=S) groups is 2. The van der Waals surface area contributed by atoms with E-state index in [9.17, 15) is 0 Å². The summed E-state index contributed by atoms with van der Waals surface area (Å²) >= 11 is 11.3. The third kappa shape index (κ3) is 10.2. The highest BCUT2D eigenvalue weighted by Crippen LogP contribution is 2.30. The van der Waals surface area contributed by atoms with Crippen LogP contribution in [0.1, 0.15) is 12.8 Å². The fraction of sp³-hybridized carbons (Fsp3) is 0.889. The number of rotatable bonds is 8. The van der Waals surface area contributed by atoms with Crippen molar-refractivity contribution in [3.63, 3.8) is 0 Å². The molecule has 0 aromatic carbocycles. The van der Waals surface area contributed by atoms with E-state index >= 15 is 0 Å². The highest BCUT2D eigenvalue weighted by Gasteiger charge is 2.24. The first-order valence-electron chi connectivity index (χ1n) is 10.2. The summed E-state index contributed by atoms with van der Waals surface area (Å²) in [6.45, 7) is 5.93. The van der Waals surface area contributed by atoms with Gasteiger partial charge >= 0.3 is 0 Å². The van der Waals surface area contributed by atoms with Gasteiger partial charge in [0, 0.05) is 39.4 Å². The summed E-state index contributed by atoms with van der Waals surface area (Å²) in [5.41, 5.74) is 0. The summed E-state index contributed by atoms with van der Waals surface area (Å²) in [5, 5.41) is 17.7. The van der Waals surface area contributed by atoms with Gasteiger partial charge in [-0.3, -0.25) is 0 Å². The Hall–Kier alpha value is 0.240. The average molecular weight is 501 g/mol. The summed E-state index contributed by atoms with van der Waals surface area (Å²) in [4.78, 5) is 4.29. The third-order valence-corrected chi connectivity index (χ3v) is 8.21. The molecule has 0 saturated carbocycles. The standard InChI is InChI=1S/C18H32N2O6S4/c21-5-9-23-13-15-11-19(3-1-7-25-15)17(27)29-30-18(28)20-4-2-8-26-16(12-20)14-24-10-6-22/h15-16,21-22H,1-14H2. The molecule has 0 radical (unpaired) electrons. The minimum Gasteiger partial charge on any atom is -0.394 e. The molecular formula is C18H32N2O6S4. The van der Waals surface area contributed by atoms with Gasteiger partial charge in [-0.2, -0.15) is 0 Å².